The second-order valence-corrected chi connectivity index (χ2v) is 5.59. The molecule has 2 aromatic carbocycles. The van der Waals surface area contributed by atoms with Crippen molar-refractivity contribution >= 4 is 11.0 Å². The summed E-state index contributed by atoms with van der Waals surface area (Å²) in [5, 5.41) is 0. The highest BCUT2D eigenvalue weighted by atomic mass is 15.1. The van der Waals surface area contributed by atoms with Gasteiger partial charge >= 0.3 is 0 Å². The minimum atomic E-state index is -0.115. The summed E-state index contributed by atoms with van der Waals surface area (Å²) in [6.45, 7) is 0.800. The van der Waals surface area contributed by atoms with Crippen LogP contribution in [0.25, 0.3) is 11.0 Å². The number of nitrogens with two attached hydrogens (primary N) is 1. The van der Waals surface area contributed by atoms with Gasteiger partial charge in [0.25, 0.3) is 0 Å². The summed E-state index contributed by atoms with van der Waals surface area (Å²) in [7, 11) is 4.06. The minimum absolute atomic E-state index is 0.115. The normalized spacial score (nSPS) is 13.0. The molecule has 1 aromatic heterocycles. The molecular weight excluding hydrogens is 260 g/mol. The van der Waals surface area contributed by atoms with Crippen LogP contribution in [0.2, 0.25) is 0 Å². The standard InChI is InChI=1S/C17H20N4/c1-21(2)11-16-19-14-9-8-13(10-15(14)20-16)17(18)12-6-4-3-5-7-12/h3-10,17H,11,18H2,1-2H3,(H,19,20). The molecule has 0 aliphatic carbocycles. The minimum Gasteiger partial charge on any atom is -0.341 e. The Morgan fingerprint density at radius 3 is 2.57 bits per heavy atom. The Balaban J connectivity index is 1.93. The van der Waals surface area contributed by atoms with Gasteiger partial charge in [-0.05, 0) is 37.4 Å². The highest BCUT2D eigenvalue weighted by molar-refractivity contribution is 5.76. The van der Waals surface area contributed by atoms with Crippen molar-refractivity contribution in [2.45, 2.75) is 12.6 Å². The zero-order valence-corrected chi connectivity index (χ0v) is 12.4. The van der Waals surface area contributed by atoms with Crippen LogP contribution >= 0.6 is 0 Å². The molecule has 4 nitrogen and oxygen atoms in total. The monoisotopic (exact) mass is 280 g/mol. The quantitative estimate of drug-likeness (QED) is 0.772. The van der Waals surface area contributed by atoms with Crippen LogP contribution in [0.15, 0.2) is 48.5 Å². The molecule has 0 spiro atoms. The average molecular weight is 280 g/mol. The zero-order valence-electron chi connectivity index (χ0n) is 12.4. The number of benzene rings is 2. The smallest absolute Gasteiger partial charge is 0.121 e. The SMILES string of the molecule is CN(C)Cc1nc2ccc(C(N)c3ccccc3)cc2[nH]1. The molecule has 3 N–H and O–H groups in total. The van der Waals surface area contributed by atoms with Gasteiger partial charge in [-0.25, -0.2) is 4.98 Å². The first-order valence-corrected chi connectivity index (χ1v) is 7.07. The third kappa shape index (κ3) is 2.96. The Kier molecular flexibility index (Phi) is 3.73. The van der Waals surface area contributed by atoms with Crippen LogP contribution < -0.4 is 5.73 Å². The maximum Gasteiger partial charge on any atom is 0.121 e. The molecular formula is C17H20N4. The van der Waals surface area contributed by atoms with Gasteiger partial charge < -0.3 is 15.6 Å². The molecule has 0 fully saturated rings. The molecule has 0 bridgehead atoms. The van der Waals surface area contributed by atoms with Crippen LogP contribution in [0.4, 0.5) is 0 Å². The number of rotatable bonds is 4. The van der Waals surface area contributed by atoms with E-state index < -0.39 is 0 Å². The molecule has 0 saturated carbocycles. The van der Waals surface area contributed by atoms with E-state index in [2.05, 4.69) is 39.1 Å². The molecule has 0 aliphatic rings. The second kappa shape index (κ2) is 5.68. The summed E-state index contributed by atoms with van der Waals surface area (Å²) < 4.78 is 0. The van der Waals surface area contributed by atoms with E-state index in [4.69, 9.17) is 5.73 Å². The van der Waals surface area contributed by atoms with Crippen molar-refractivity contribution in [3.05, 3.63) is 65.5 Å². The highest BCUT2D eigenvalue weighted by Crippen LogP contribution is 2.22. The van der Waals surface area contributed by atoms with Crippen molar-refractivity contribution in [1.29, 1.82) is 0 Å². The lowest BCUT2D eigenvalue weighted by atomic mass is 9.99. The molecule has 108 valence electrons. The summed E-state index contributed by atoms with van der Waals surface area (Å²) in [4.78, 5) is 10.0. The van der Waals surface area contributed by atoms with Crippen LogP contribution in [0.3, 0.4) is 0 Å². The summed E-state index contributed by atoms with van der Waals surface area (Å²) in [6, 6.07) is 16.2. The summed E-state index contributed by atoms with van der Waals surface area (Å²) >= 11 is 0. The van der Waals surface area contributed by atoms with E-state index in [1.807, 2.05) is 38.4 Å². The van der Waals surface area contributed by atoms with E-state index in [0.29, 0.717) is 0 Å². The van der Waals surface area contributed by atoms with Gasteiger partial charge in [0.2, 0.25) is 0 Å². The number of H-pyrrole nitrogens is 1. The number of aromatic amines is 1. The maximum atomic E-state index is 6.35. The average Bonchev–Trinajstić information content (AvgIpc) is 2.87. The first kappa shape index (κ1) is 13.8. The highest BCUT2D eigenvalue weighted by Gasteiger charge is 2.11. The van der Waals surface area contributed by atoms with E-state index >= 15 is 0 Å². The largest absolute Gasteiger partial charge is 0.341 e. The van der Waals surface area contributed by atoms with Gasteiger partial charge in [-0.3, -0.25) is 0 Å². The fraction of sp³-hybridized carbons (Fsp3) is 0.235. The van der Waals surface area contributed by atoms with Crippen molar-refractivity contribution < 1.29 is 0 Å². The number of nitrogens with one attached hydrogen (secondary N) is 1. The Morgan fingerprint density at radius 1 is 1.10 bits per heavy atom. The number of nitrogens with zero attached hydrogens (tertiary/aromatic N) is 2. The number of aromatic nitrogens is 2. The molecule has 0 amide bonds. The molecule has 4 heteroatoms. The van der Waals surface area contributed by atoms with E-state index in [-0.39, 0.29) is 6.04 Å². The van der Waals surface area contributed by atoms with Gasteiger partial charge in [0.1, 0.15) is 5.82 Å². The fourth-order valence-electron chi connectivity index (χ4n) is 2.50. The third-order valence-corrected chi connectivity index (χ3v) is 3.54. The van der Waals surface area contributed by atoms with Crippen molar-refractivity contribution in [2.75, 3.05) is 14.1 Å². The summed E-state index contributed by atoms with van der Waals surface area (Å²) in [6.07, 6.45) is 0. The first-order chi connectivity index (χ1) is 10.1. The van der Waals surface area contributed by atoms with Crippen LogP contribution in [0.5, 0.6) is 0 Å². The predicted octanol–water partition coefficient (Wildman–Crippen LogP) is 2.67. The van der Waals surface area contributed by atoms with Crippen molar-refractivity contribution in [3.63, 3.8) is 0 Å². The fourth-order valence-corrected chi connectivity index (χ4v) is 2.50. The molecule has 3 rings (SSSR count). The number of hydrogen-bond acceptors (Lipinski definition) is 3. The van der Waals surface area contributed by atoms with E-state index in [0.717, 1.165) is 34.5 Å². The molecule has 1 heterocycles. The van der Waals surface area contributed by atoms with Gasteiger partial charge in [-0.15, -0.1) is 0 Å². The summed E-state index contributed by atoms with van der Waals surface area (Å²) in [5.41, 5.74) is 10.6. The molecule has 1 atom stereocenters. The van der Waals surface area contributed by atoms with E-state index in [1.165, 1.54) is 0 Å². The molecule has 0 saturated heterocycles. The summed E-state index contributed by atoms with van der Waals surface area (Å²) in [5.74, 6) is 0.973. The Hall–Kier alpha value is -2.17. The Morgan fingerprint density at radius 2 is 1.86 bits per heavy atom. The maximum absolute atomic E-state index is 6.35. The van der Waals surface area contributed by atoms with Gasteiger partial charge in [0.05, 0.1) is 23.6 Å². The van der Waals surface area contributed by atoms with E-state index in [9.17, 15) is 0 Å². The van der Waals surface area contributed by atoms with E-state index in [1.54, 1.807) is 0 Å². The topological polar surface area (TPSA) is 57.9 Å². The van der Waals surface area contributed by atoms with Crippen LogP contribution in [0.1, 0.15) is 23.0 Å². The van der Waals surface area contributed by atoms with Gasteiger partial charge in [-0.1, -0.05) is 36.4 Å². The van der Waals surface area contributed by atoms with Crippen molar-refractivity contribution in [3.8, 4) is 0 Å². The predicted molar refractivity (Wildman–Crippen MR) is 86.0 cm³/mol. The lowest BCUT2D eigenvalue weighted by Gasteiger charge is -2.12. The molecule has 3 aromatic rings. The number of hydrogen-bond donors (Lipinski definition) is 2. The number of fused-ring (bicyclic) bond motifs is 1. The molecule has 0 radical (unpaired) electrons. The van der Waals surface area contributed by atoms with Gasteiger partial charge in [-0.2, -0.15) is 0 Å². The number of imidazole rings is 1. The zero-order chi connectivity index (χ0) is 14.8. The van der Waals surface area contributed by atoms with Crippen molar-refractivity contribution in [2.24, 2.45) is 5.73 Å². The van der Waals surface area contributed by atoms with Crippen LogP contribution in [0, 0.1) is 0 Å². The van der Waals surface area contributed by atoms with Gasteiger partial charge in [0.15, 0.2) is 0 Å². The third-order valence-electron chi connectivity index (χ3n) is 3.54. The lowest BCUT2D eigenvalue weighted by molar-refractivity contribution is 0.392. The molecule has 0 aliphatic heterocycles. The first-order valence-electron chi connectivity index (χ1n) is 7.07. The second-order valence-electron chi connectivity index (χ2n) is 5.59. The Bertz CT molecular complexity index is 731. The van der Waals surface area contributed by atoms with Gasteiger partial charge in [0, 0.05) is 0 Å². The van der Waals surface area contributed by atoms with Crippen LogP contribution in [-0.4, -0.2) is 29.0 Å². The lowest BCUT2D eigenvalue weighted by Crippen LogP contribution is -2.11. The van der Waals surface area contributed by atoms with Crippen LogP contribution in [-0.2, 0) is 6.54 Å². The molecule has 21 heavy (non-hydrogen) atoms. The van der Waals surface area contributed by atoms with Crippen molar-refractivity contribution in [1.82, 2.24) is 14.9 Å². The molecule has 1 unspecified atom stereocenters. The Labute approximate surface area is 124 Å².